The number of ether oxygens (including phenoxy) is 1. The molecule has 2 heteroatoms. The zero-order valence-corrected chi connectivity index (χ0v) is 13.0. The predicted octanol–water partition coefficient (Wildman–Crippen LogP) is 4.32. The number of hydrogen-bond acceptors (Lipinski definition) is 2. The summed E-state index contributed by atoms with van der Waals surface area (Å²) >= 11 is 0. The third-order valence-electron chi connectivity index (χ3n) is 4.64. The molecule has 22 heavy (non-hydrogen) atoms. The molecule has 2 aromatic carbocycles. The van der Waals surface area contributed by atoms with E-state index in [1.807, 2.05) is 0 Å². The summed E-state index contributed by atoms with van der Waals surface area (Å²) in [7, 11) is 3.90. The highest BCUT2D eigenvalue weighted by Crippen LogP contribution is 2.44. The minimum atomic E-state index is 0.967. The first-order valence-electron chi connectivity index (χ1n) is 7.69. The highest BCUT2D eigenvalue weighted by Gasteiger charge is 2.27. The first-order valence-corrected chi connectivity index (χ1v) is 7.69. The van der Waals surface area contributed by atoms with E-state index in [0.717, 1.165) is 18.6 Å². The molecule has 2 aliphatic rings. The van der Waals surface area contributed by atoms with Crippen molar-refractivity contribution in [1.29, 1.82) is 0 Å². The lowest BCUT2D eigenvalue weighted by Crippen LogP contribution is -2.17. The van der Waals surface area contributed by atoms with E-state index in [2.05, 4.69) is 66.7 Å². The Morgan fingerprint density at radius 3 is 2.73 bits per heavy atom. The molecule has 0 fully saturated rings. The van der Waals surface area contributed by atoms with Crippen LogP contribution in [0.5, 0.6) is 5.75 Å². The number of rotatable bonds is 1. The van der Waals surface area contributed by atoms with Crippen molar-refractivity contribution in [1.82, 2.24) is 4.90 Å². The normalized spacial score (nSPS) is 15.8. The molecular formula is C20H19NO. The van der Waals surface area contributed by atoms with Crippen molar-refractivity contribution in [2.45, 2.75) is 12.8 Å². The fourth-order valence-corrected chi connectivity index (χ4v) is 3.56. The Morgan fingerprint density at radius 2 is 1.86 bits per heavy atom. The summed E-state index contributed by atoms with van der Waals surface area (Å²) in [6.45, 7) is 0. The SMILES string of the molecule is COc1cccc2c1C1=C(CC2)N(C)C=Cc2ccccc21. The van der Waals surface area contributed by atoms with Crippen LogP contribution in [-0.2, 0) is 6.42 Å². The molecular weight excluding hydrogens is 270 g/mol. The van der Waals surface area contributed by atoms with Gasteiger partial charge in [0, 0.05) is 30.1 Å². The van der Waals surface area contributed by atoms with Gasteiger partial charge in [-0.05, 0) is 41.7 Å². The molecule has 0 radical (unpaired) electrons. The summed E-state index contributed by atoms with van der Waals surface area (Å²) in [6.07, 6.45) is 6.49. The van der Waals surface area contributed by atoms with E-state index in [4.69, 9.17) is 4.74 Å². The fraction of sp³-hybridized carbons (Fsp3) is 0.200. The van der Waals surface area contributed by atoms with E-state index in [9.17, 15) is 0 Å². The molecule has 0 bridgehead atoms. The van der Waals surface area contributed by atoms with Crippen LogP contribution in [0.2, 0.25) is 0 Å². The second-order valence-electron chi connectivity index (χ2n) is 5.83. The van der Waals surface area contributed by atoms with Crippen molar-refractivity contribution < 1.29 is 4.74 Å². The van der Waals surface area contributed by atoms with Crippen LogP contribution in [-0.4, -0.2) is 19.1 Å². The average Bonchev–Trinajstić information content (AvgIpc) is 2.72. The molecule has 0 amide bonds. The Hall–Kier alpha value is -2.48. The zero-order chi connectivity index (χ0) is 15.1. The van der Waals surface area contributed by atoms with E-state index in [-0.39, 0.29) is 0 Å². The maximum atomic E-state index is 5.68. The second kappa shape index (κ2) is 5.06. The lowest BCUT2D eigenvalue weighted by molar-refractivity contribution is 0.412. The molecule has 4 rings (SSSR count). The molecule has 2 aromatic rings. The highest BCUT2D eigenvalue weighted by atomic mass is 16.5. The van der Waals surface area contributed by atoms with Crippen LogP contribution in [0, 0.1) is 0 Å². The van der Waals surface area contributed by atoms with Crippen LogP contribution in [0.4, 0.5) is 0 Å². The number of hydrogen-bond donors (Lipinski definition) is 0. The molecule has 1 heterocycles. The Labute approximate surface area is 131 Å². The lowest BCUT2D eigenvalue weighted by atomic mass is 9.83. The first kappa shape index (κ1) is 13.2. The molecule has 0 spiro atoms. The van der Waals surface area contributed by atoms with Crippen LogP contribution in [0.3, 0.4) is 0 Å². The van der Waals surface area contributed by atoms with Crippen molar-refractivity contribution in [2.24, 2.45) is 0 Å². The van der Waals surface area contributed by atoms with Gasteiger partial charge in [-0.2, -0.15) is 0 Å². The molecule has 0 saturated carbocycles. The number of methoxy groups -OCH3 is 1. The van der Waals surface area contributed by atoms with Crippen molar-refractivity contribution in [2.75, 3.05) is 14.2 Å². The fourth-order valence-electron chi connectivity index (χ4n) is 3.56. The number of aryl methyl sites for hydroxylation is 1. The summed E-state index contributed by atoms with van der Waals surface area (Å²) in [5.74, 6) is 0.967. The summed E-state index contributed by atoms with van der Waals surface area (Å²) < 4.78 is 5.68. The minimum absolute atomic E-state index is 0.967. The van der Waals surface area contributed by atoms with Crippen molar-refractivity contribution in [3.05, 3.63) is 76.6 Å². The van der Waals surface area contributed by atoms with E-state index in [1.165, 1.54) is 33.5 Å². The Balaban J connectivity index is 2.07. The van der Waals surface area contributed by atoms with Crippen LogP contribution >= 0.6 is 0 Å². The van der Waals surface area contributed by atoms with Gasteiger partial charge in [-0.25, -0.2) is 0 Å². The van der Waals surface area contributed by atoms with Gasteiger partial charge < -0.3 is 9.64 Å². The molecule has 0 unspecified atom stereocenters. The third kappa shape index (κ3) is 1.87. The van der Waals surface area contributed by atoms with Gasteiger partial charge in [-0.3, -0.25) is 0 Å². The van der Waals surface area contributed by atoms with Crippen LogP contribution in [0.25, 0.3) is 11.6 Å². The summed E-state index contributed by atoms with van der Waals surface area (Å²) in [5.41, 5.74) is 7.89. The van der Waals surface area contributed by atoms with Crippen LogP contribution < -0.4 is 4.74 Å². The van der Waals surface area contributed by atoms with Gasteiger partial charge in [-0.1, -0.05) is 36.4 Å². The van der Waals surface area contributed by atoms with Crippen molar-refractivity contribution >= 4 is 11.6 Å². The number of allylic oxidation sites excluding steroid dienone is 1. The molecule has 0 atom stereocenters. The van der Waals surface area contributed by atoms with E-state index in [1.54, 1.807) is 7.11 Å². The standard InChI is InChI=1S/C20H19NO/c1-21-13-12-14-6-3-4-8-16(14)20-17(21)11-10-15-7-5-9-18(22-2)19(15)20/h3-9,12-13H,10-11H2,1-2H3. The Kier molecular flexibility index (Phi) is 3.04. The largest absolute Gasteiger partial charge is 0.496 e. The predicted molar refractivity (Wildman–Crippen MR) is 90.6 cm³/mol. The maximum absolute atomic E-state index is 5.68. The quantitative estimate of drug-likeness (QED) is 0.775. The van der Waals surface area contributed by atoms with E-state index < -0.39 is 0 Å². The number of fused-ring (bicyclic) bond motifs is 4. The number of benzene rings is 2. The van der Waals surface area contributed by atoms with Gasteiger partial charge in [0.2, 0.25) is 0 Å². The smallest absolute Gasteiger partial charge is 0.127 e. The molecule has 1 aliphatic heterocycles. The molecule has 0 N–H and O–H groups in total. The average molecular weight is 289 g/mol. The summed E-state index contributed by atoms with van der Waals surface area (Å²) in [4.78, 5) is 2.25. The van der Waals surface area contributed by atoms with Gasteiger partial charge in [0.05, 0.1) is 7.11 Å². The zero-order valence-electron chi connectivity index (χ0n) is 13.0. The monoisotopic (exact) mass is 289 g/mol. The third-order valence-corrected chi connectivity index (χ3v) is 4.64. The molecule has 0 aromatic heterocycles. The topological polar surface area (TPSA) is 12.5 Å². The summed E-state index contributed by atoms with van der Waals surface area (Å²) in [6, 6.07) is 15.0. The van der Waals surface area contributed by atoms with Crippen LogP contribution in [0.1, 0.15) is 28.7 Å². The van der Waals surface area contributed by atoms with Gasteiger partial charge in [-0.15, -0.1) is 0 Å². The van der Waals surface area contributed by atoms with Gasteiger partial charge in [0.1, 0.15) is 5.75 Å². The summed E-state index contributed by atoms with van der Waals surface area (Å²) in [5, 5.41) is 0. The number of nitrogens with zero attached hydrogens (tertiary/aromatic N) is 1. The van der Waals surface area contributed by atoms with Gasteiger partial charge >= 0.3 is 0 Å². The lowest BCUT2D eigenvalue weighted by Gasteiger charge is -2.29. The Morgan fingerprint density at radius 1 is 1.00 bits per heavy atom. The minimum Gasteiger partial charge on any atom is -0.496 e. The molecule has 110 valence electrons. The second-order valence-corrected chi connectivity index (χ2v) is 5.83. The van der Waals surface area contributed by atoms with Crippen molar-refractivity contribution in [3.8, 4) is 5.75 Å². The molecule has 1 aliphatic carbocycles. The van der Waals surface area contributed by atoms with E-state index >= 15 is 0 Å². The highest BCUT2D eigenvalue weighted by molar-refractivity contribution is 5.91. The van der Waals surface area contributed by atoms with E-state index in [0.29, 0.717) is 0 Å². The Bertz CT molecular complexity index is 801. The van der Waals surface area contributed by atoms with Gasteiger partial charge in [0.15, 0.2) is 0 Å². The van der Waals surface area contributed by atoms with Crippen LogP contribution in [0.15, 0.2) is 54.4 Å². The molecule has 2 nitrogen and oxygen atoms in total. The molecule has 0 saturated heterocycles. The van der Waals surface area contributed by atoms with Gasteiger partial charge in [0.25, 0.3) is 0 Å². The first-order chi connectivity index (χ1) is 10.8. The van der Waals surface area contributed by atoms with Crippen molar-refractivity contribution in [3.63, 3.8) is 0 Å². The maximum Gasteiger partial charge on any atom is 0.127 e.